The van der Waals surface area contributed by atoms with E-state index < -0.39 is 17.1 Å². The van der Waals surface area contributed by atoms with Crippen LogP contribution in [-0.4, -0.2) is 72.9 Å². The Morgan fingerprint density at radius 1 is 1.00 bits per heavy atom. The third-order valence-corrected chi connectivity index (χ3v) is 6.86. The summed E-state index contributed by atoms with van der Waals surface area (Å²) in [6.45, 7) is 7.10. The highest BCUT2D eigenvalue weighted by Gasteiger charge is 2.54. The summed E-state index contributed by atoms with van der Waals surface area (Å²) in [5, 5.41) is 0. The molecule has 198 valence electrons. The number of benzene rings is 2. The molecule has 0 bridgehead atoms. The second-order valence-corrected chi connectivity index (χ2v) is 10.5. The Hall–Kier alpha value is -3.75. The van der Waals surface area contributed by atoms with Crippen LogP contribution in [0.4, 0.5) is 10.5 Å². The molecule has 2 aromatic rings. The van der Waals surface area contributed by atoms with Gasteiger partial charge in [-0.2, -0.15) is 0 Å². The van der Waals surface area contributed by atoms with Gasteiger partial charge in [0.1, 0.15) is 16.9 Å². The molecule has 9 nitrogen and oxygen atoms in total. The second-order valence-electron chi connectivity index (χ2n) is 10.5. The number of methoxy groups -OCH3 is 2. The Bertz CT molecular complexity index is 1150. The van der Waals surface area contributed by atoms with E-state index in [1.807, 2.05) is 56.0 Å². The molecule has 37 heavy (non-hydrogen) atoms. The third-order valence-electron chi connectivity index (χ3n) is 6.86. The van der Waals surface area contributed by atoms with Crippen LogP contribution in [0.3, 0.4) is 0 Å². The Morgan fingerprint density at radius 3 is 2.27 bits per heavy atom. The fourth-order valence-electron chi connectivity index (χ4n) is 5.00. The van der Waals surface area contributed by atoms with Gasteiger partial charge in [-0.15, -0.1) is 0 Å². The topological polar surface area (TPSA) is 88.6 Å². The lowest BCUT2D eigenvalue weighted by Crippen LogP contribution is -2.57. The summed E-state index contributed by atoms with van der Waals surface area (Å²) in [4.78, 5) is 44.3. The fourth-order valence-corrected chi connectivity index (χ4v) is 5.00. The summed E-state index contributed by atoms with van der Waals surface area (Å²) in [5.41, 5.74) is 0.825. The zero-order chi connectivity index (χ0) is 26.8. The van der Waals surface area contributed by atoms with Gasteiger partial charge in [0.05, 0.1) is 26.5 Å². The van der Waals surface area contributed by atoms with Gasteiger partial charge in [-0.05, 0) is 75.6 Å². The monoisotopic (exact) mass is 509 g/mol. The number of piperidine rings is 1. The van der Waals surface area contributed by atoms with Crippen molar-refractivity contribution in [1.29, 1.82) is 0 Å². The molecule has 2 heterocycles. The van der Waals surface area contributed by atoms with E-state index in [1.54, 1.807) is 30.2 Å². The molecule has 0 unspecified atom stereocenters. The predicted octanol–water partition coefficient (Wildman–Crippen LogP) is 4.06. The van der Waals surface area contributed by atoms with Crippen molar-refractivity contribution < 1.29 is 28.6 Å². The smallest absolute Gasteiger partial charge is 0.410 e. The number of carbonyl (C=O) groups is 3. The first-order valence-corrected chi connectivity index (χ1v) is 12.4. The average Bonchev–Trinajstić information content (AvgIpc) is 3.14. The van der Waals surface area contributed by atoms with Crippen LogP contribution >= 0.6 is 0 Å². The zero-order valence-electron chi connectivity index (χ0n) is 22.2. The highest BCUT2D eigenvalue weighted by molar-refractivity contribution is 5.94. The standard InChI is InChI=1S/C28H35N3O6/c1-27(2,3)37-26(34)29-15-13-28(14-16-29)25(33)30(18-20-7-6-8-21(17-20)24(32)36-5)19-31(28)22-9-11-23(35-4)12-10-22/h6-12,17H,13-16,18-19H2,1-5H3. The maximum atomic E-state index is 14.0. The Kier molecular flexibility index (Phi) is 7.34. The molecule has 2 aliphatic rings. The maximum Gasteiger partial charge on any atom is 0.410 e. The minimum Gasteiger partial charge on any atom is -0.497 e. The van der Waals surface area contributed by atoms with Crippen molar-refractivity contribution >= 4 is 23.7 Å². The molecule has 2 aliphatic heterocycles. The van der Waals surface area contributed by atoms with E-state index in [0.29, 0.717) is 44.7 Å². The molecule has 0 radical (unpaired) electrons. The molecule has 9 heteroatoms. The van der Waals surface area contributed by atoms with E-state index >= 15 is 0 Å². The molecule has 0 N–H and O–H groups in total. The highest BCUT2D eigenvalue weighted by atomic mass is 16.6. The number of nitrogens with zero attached hydrogens (tertiary/aromatic N) is 3. The molecular formula is C28H35N3O6. The summed E-state index contributed by atoms with van der Waals surface area (Å²) in [6, 6.07) is 14.8. The minimum absolute atomic E-state index is 0.00984. The van der Waals surface area contributed by atoms with Gasteiger partial charge in [0.25, 0.3) is 0 Å². The van der Waals surface area contributed by atoms with Crippen LogP contribution < -0.4 is 9.64 Å². The van der Waals surface area contributed by atoms with E-state index in [1.165, 1.54) is 7.11 Å². The van der Waals surface area contributed by atoms with Crippen LogP contribution in [-0.2, 0) is 20.8 Å². The summed E-state index contributed by atoms with van der Waals surface area (Å²) in [7, 11) is 2.96. The van der Waals surface area contributed by atoms with E-state index in [2.05, 4.69) is 4.90 Å². The molecule has 2 fully saturated rings. The number of hydrogen-bond donors (Lipinski definition) is 0. The molecule has 2 amide bonds. The molecule has 4 rings (SSSR count). The van der Waals surface area contributed by atoms with Crippen molar-refractivity contribution in [2.75, 3.05) is 38.9 Å². The first-order chi connectivity index (χ1) is 17.6. The number of carbonyl (C=O) groups excluding carboxylic acids is 3. The van der Waals surface area contributed by atoms with Crippen molar-refractivity contribution in [3.63, 3.8) is 0 Å². The van der Waals surface area contributed by atoms with Gasteiger partial charge in [0.2, 0.25) is 5.91 Å². The second kappa shape index (κ2) is 10.3. The molecule has 0 aliphatic carbocycles. The van der Waals surface area contributed by atoms with Gasteiger partial charge < -0.3 is 28.9 Å². The predicted molar refractivity (Wildman–Crippen MR) is 138 cm³/mol. The lowest BCUT2D eigenvalue weighted by atomic mass is 9.85. The van der Waals surface area contributed by atoms with Gasteiger partial charge in [-0.3, -0.25) is 4.79 Å². The number of anilines is 1. The van der Waals surface area contributed by atoms with Crippen LogP contribution in [0.25, 0.3) is 0 Å². The number of rotatable bonds is 5. The quantitative estimate of drug-likeness (QED) is 0.562. The zero-order valence-corrected chi connectivity index (χ0v) is 22.2. The molecule has 1 spiro atoms. The van der Waals surface area contributed by atoms with Crippen LogP contribution in [0.1, 0.15) is 49.5 Å². The van der Waals surface area contributed by atoms with Crippen molar-refractivity contribution in [2.45, 2.75) is 51.3 Å². The van der Waals surface area contributed by atoms with E-state index in [0.717, 1.165) is 17.0 Å². The van der Waals surface area contributed by atoms with Crippen LogP contribution in [0.2, 0.25) is 0 Å². The molecule has 0 aromatic heterocycles. The van der Waals surface area contributed by atoms with E-state index in [9.17, 15) is 14.4 Å². The first-order valence-electron chi connectivity index (χ1n) is 12.4. The van der Waals surface area contributed by atoms with Gasteiger partial charge >= 0.3 is 12.1 Å². The lowest BCUT2D eigenvalue weighted by molar-refractivity contribution is -0.134. The third kappa shape index (κ3) is 5.50. The Labute approximate surface area is 217 Å². The molecule has 0 saturated carbocycles. The number of hydrogen-bond acceptors (Lipinski definition) is 7. The Morgan fingerprint density at radius 2 is 1.68 bits per heavy atom. The number of esters is 1. The molecule has 0 atom stereocenters. The van der Waals surface area contributed by atoms with Crippen molar-refractivity contribution in [3.05, 3.63) is 59.7 Å². The number of amides is 2. The van der Waals surface area contributed by atoms with Gasteiger partial charge in [-0.1, -0.05) is 12.1 Å². The van der Waals surface area contributed by atoms with Crippen molar-refractivity contribution in [3.8, 4) is 5.75 Å². The summed E-state index contributed by atoms with van der Waals surface area (Å²) >= 11 is 0. The molecular weight excluding hydrogens is 474 g/mol. The van der Waals surface area contributed by atoms with E-state index in [-0.39, 0.29) is 12.0 Å². The average molecular weight is 510 g/mol. The first kappa shape index (κ1) is 26.3. The number of likely N-dealkylation sites (tertiary alicyclic amines) is 1. The molecule has 2 saturated heterocycles. The lowest BCUT2D eigenvalue weighted by Gasteiger charge is -2.43. The van der Waals surface area contributed by atoms with Gasteiger partial charge in [-0.25, -0.2) is 9.59 Å². The minimum atomic E-state index is -0.785. The largest absolute Gasteiger partial charge is 0.497 e. The SMILES string of the molecule is COC(=O)c1cccc(CN2CN(c3ccc(OC)cc3)C3(CCN(C(=O)OC(C)(C)C)CC3)C2=O)c1. The van der Waals surface area contributed by atoms with Crippen LogP contribution in [0.5, 0.6) is 5.75 Å². The summed E-state index contributed by atoms with van der Waals surface area (Å²) in [5.74, 6) is 0.329. The number of ether oxygens (including phenoxy) is 3. The Balaban J connectivity index is 1.59. The van der Waals surface area contributed by atoms with Crippen molar-refractivity contribution in [2.24, 2.45) is 0 Å². The fraction of sp³-hybridized carbons (Fsp3) is 0.464. The summed E-state index contributed by atoms with van der Waals surface area (Å²) < 4.78 is 15.7. The highest BCUT2D eigenvalue weighted by Crippen LogP contribution is 2.40. The van der Waals surface area contributed by atoms with E-state index in [4.69, 9.17) is 14.2 Å². The summed E-state index contributed by atoms with van der Waals surface area (Å²) in [6.07, 6.45) is 0.603. The van der Waals surface area contributed by atoms with Crippen LogP contribution in [0.15, 0.2) is 48.5 Å². The maximum absolute atomic E-state index is 14.0. The van der Waals surface area contributed by atoms with Crippen molar-refractivity contribution in [1.82, 2.24) is 9.80 Å². The van der Waals surface area contributed by atoms with Crippen LogP contribution in [0, 0.1) is 0 Å². The normalized spacial score (nSPS) is 17.2. The van der Waals surface area contributed by atoms with Gasteiger partial charge in [0.15, 0.2) is 0 Å². The molecule has 2 aromatic carbocycles. The van der Waals surface area contributed by atoms with Gasteiger partial charge in [0, 0.05) is 25.3 Å².